The molecule has 0 aliphatic carbocycles. The summed E-state index contributed by atoms with van der Waals surface area (Å²) in [5, 5.41) is 4.65. The Bertz CT molecular complexity index is 986. The molecule has 1 heterocycles. The van der Waals surface area contributed by atoms with Crippen LogP contribution in [-0.4, -0.2) is 22.5 Å². The molecule has 28 heavy (non-hydrogen) atoms. The zero-order chi connectivity index (χ0) is 19.8. The van der Waals surface area contributed by atoms with Gasteiger partial charge in [0.2, 0.25) is 5.88 Å². The van der Waals surface area contributed by atoms with E-state index in [-0.39, 0.29) is 12.4 Å². The average Bonchev–Trinajstić information content (AvgIpc) is 2.72. The van der Waals surface area contributed by atoms with E-state index in [4.69, 9.17) is 9.47 Å². The first-order chi connectivity index (χ1) is 13.7. The molecule has 0 bridgehead atoms. The van der Waals surface area contributed by atoms with Gasteiger partial charge in [-0.15, -0.1) is 0 Å². The standard InChI is InChI=1S/C21H20FN3O3/c1-2-12-27-20-13-18(14-23-25(20)19-6-4-3-5-7-19)24-21(26)28-15-16-8-10-17(22)11-9-16/h3-11,13-14H,2,12,15H2,1H3. The topological polar surface area (TPSA) is 65.7 Å². The van der Waals surface area contributed by atoms with E-state index in [9.17, 15) is 9.18 Å². The van der Waals surface area contributed by atoms with Crippen molar-refractivity contribution in [1.29, 1.82) is 0 Å². The summed E-state index contributed by atoms with van der Waals surface area (Å²) in [5.74, 6) is 0.127. The number of aromatic nitrogens is 2. The maximum absolute atomic E-state index is 12.9. The number of amides is 1. The van der Waals surface area contributed by atoms with Crippen LogP contribution in [0, 0.1) is 5.82 Å². The first-order valence-electron chi connectivity index (χ1n) is 8.89. The molecule has 3 rings (SSSR count). The second-order valence-corrected chi connectivity index (χ2v) is 5.94. The van der Waals surface area contributed by atoms with Crippen LogP contribution in [-0.2, 0) is 11.3 Å². The predicted octanol–water partition coefficient (Wildman–Crippen LogP) is 4.04. The molecule has 7 heteroatoms. The molecule has 2 aromatic carbocycles. The SMILES string of the molecule is CCCOc1cc(=NC(=O)OCc2ccc(F)cc2)cnn1-c1ccccc1. The number of ether oxygens (including phenoxy) is 2. The minimum Gasteiger partial charge on any atom is -0.478 e. The highest BCUT2D eigenvalue weighted by atomic mass is 19.1. The predicted molar refractivity (Wildman–Crippen MR) is 101 cm³/mol. The molecule has 0 saturated carbocycles. The Labute approximate surface area is 161 Å². The van der Waals surface area contributed by atoms with Crippen molar-refractivity contribution in [3.05, 3.63) is 83.6 Å². The van der Waals surface area contributed by atoms with Gasteiger partial charge in [0.25, 0.3) is 0 Å². The number of carbonyl (C=O) groups excluding carboxylic acids is 1. The largest absolute Gasteiger partial charge is 0.478 e. The Morgan fingerprint density at radius 3 is 2.61 bits per heavy atom. The van der Waals surface area contributed by atoms with Gasteiger partial charge in [-0.25, -0.2) is 13.9 Å². The van der Waals surface area contributed by atoms with Crippen LogP contribution in [0.3, 0.4) is 0 Å². The molecule has 0 aliphatic rings. The van der Waals surface area contributed by atoms with Crippen molar-refractivity contribution in [2.24, 2.45) is 4.99 Å². The molecule has 0 N–H and O–H groups in total. The molecule has 6 nitrogen and oxygen atoms in total. The molecule has 0 fully saturated rings. The molecule has 0 unspecified atom stereocenters. The summed E-state index contributed by atoms with van der Waals surface area (Å²) >= 11 is 0. The summed E-state index contributed by atoms with van der Waals surface area (Å²) in [6.07, 6.45) is 1.53. The van der Waals surface area contributed by atoms with Gasteiger partial charge in [-0.2, -0.15) is 10.1 Å². The van der Waals surface area contributed by atoms with Crippen LogP contribution in [0.1, 0.15) is 18.9 Å². The van der Waals surface area contributed by atoms with E-state index in [2.05, 4.69) is 10.1 Å². The molecule has 1 amide bonds. The number of hydrogen-bond acceptors (Lipinski definition) is 4. The maximum Gasteiger partial charge on any atom is 0.434 e. The maximum atomic E-state index is 12.9. The molecule has 0 saturated heterocycles. The van der Waals surface area contributed by atoms with E-state index in [0.717, 1.165) is 12.1 Å². The van der Waals surface area contributed by atoms with Gasteiger partial charge in [-0.1, -0.05) is 37.3 Å². The fourth-order valence-corrected chi connectivity index (χ4v) is 2.40. The third kappa shape index (κ3) is 5.26. The lowest BCUT2D eigenvalue weighted by atomic mass is 10.2. The van der Waals surface area contributed by atoms with Crippen molar-refractivity contribution in [1.82, 2.24) is 9.78 Å². The highest BCUT2D eigenvalue weighted by molar-refractivity contribution is 5.68. The fourth-order valence-electron chi connectivity index (χ4n) is 2.40. The fraction of sp³-hybridized carbons (Fsp3) is 0.190. The highest BCUT2D eigenvalue weighted by Gasteiger charge is 2.07. The smallest absolute Gasteiger partial charge is 0.434 e. The lowest BCUT2D eigenvalue weighted by molar-refractivity contribution is 0.150. The van der Waals surface area contributed by atoms with E-state index >= 15 is 0 Å². The number of benzene rings is 2. The van der Waals surface area contributed by atoms with Gasteiger partial charge >= 0.3 is 6.09 Å². The van der Waals surface area contributed by atoms with Crippen LogP contribution < -0.4 is 10.1 Å². The van der Waals surface area contributed by atoms with E-state index in [1.165, 1.54) is 18.3 Å². The third-order valence-corrected chi connectivity index (χ3v) is 3.74. The van der Waals surface area contributed by atoms with E-state index < -0.39 is 6.09 Å². The van der Waals surface area contributed by atoms with Crippen molar-refractivity contribution in [3.63, 3.8) is 0 Å². The summed E-state index contributed by atoms with van der Waals surface area (Å²) in [4.78, 5) is 15.9. The first-order valence-corrected chi connectivity index (χ1v) is 8.89. The van der Waals surface area contributed by atoms with Gasteiger partial charge in [0, 0.05) is 6.07 Å². The third-order valence-electron chi connectivity index (χ3n) is 3.74. The van der Waals surface area contributed by atoms with Crippen molar-refractivity contribution >= 4 is 6.09 Å². The van der Waals surface area contributed by atoms with Crippen LogP contribution >= 0.6 is 0 Å². The summed E-state index contributed by atoms with van der Waals surface area (Å²) in [6, 6.07) is 16.9. The lowest BCUT2D eigenvalue weighted by Crippen LogP contribution is -2.16. The molecule has 1 aromatic heterocycles. The molecule has 3 aromatic rings. The quantitative estimate of drug-likeness (QED) is 0.646. The first kappa shape index (κ1) is 19.3. The van der Waals surface area contributed by atoms with Gasteiger partial charge in [-0.3, -0.25) is 0 Å². The zero-order valence-corrected chi connectivity index (χ0v) is 15.4. The van der Waals surface area contributed by atoms with Crippen molar-refractivity contribution in [3.8, 4) is 11.6 Å². The second-order valence-electron chi connectivity index (χ2n) is 5.94. The molecule has 0 atom stereocenters. The van der Waals surface area contributed by atoms with Gasteiger partial charge in [-0.05, 0) is 36.2 Å². The Hall–Kier alpha value is -3.48. The van der Waals surface area contributed by atoms with Gasteiger partial charge < -0.3 is 9.47 Å². The molecule has 0 spiro atoms. The lowest BCUT2D eigenvalue weighted by Gasteiger charge is -2.12. The summed E-state index contributed by atoms with van der Waals surface area (Å²) in [7, 11) is 0. The monoisotopic (exact) mass is 381 g/mol. The van der Waals surface area contributed by atoms with Crippen molar-refractivity contribution in [2.75, 3.05) is 6.61 Å². The number of rotatable bonds is 6. The number of hydrogen-bond donors (Lipinski definition) is 0. The van der Waals surface area contributed by atoms with Crippen LogP contribution in [0.25, 0.3) is 5.69 Å². The zero-order valence-electron chi connectivity index (χ0n) is 15.4. The van der Waals surface area contributed by atoms with Gasteiger partial charge in [0.1, 0.15) is 12.4 Å². The molecular formula is C21H20FN3O3. The Morgan fingerprint density at radius 2 is 1.89 bits per heavy atom. The van der Waals surface area contributed by atoms with Crippen LogP contribution in [0.4, 0.5) is 9.18 Å². The molecular weight excluding hydrogens is 361 g/mol. The number of para-hydroxylation sites is 1. The normalized spacial score (nSPS) is 11.3. The van der Waals surface area contributed by atoms with Gasteiger partial charge in [0.05, 0.1) is 23.8 Å². The van der Waals surface area contributed by atoms with Crippen molar-refractivity contribution < 1.29 is 18.7 Å². The Kier molecular flexibility index (Phi) is 6.51. The van der Waals surface area contributed by atoms with Crippen LogP contribution in [0.2, 0.25) is 0 Å². The highest BCUT2D eigenvalue weighted by Crippen LogP contribution is 2.14. The minimum atomic E-state index is -0.759. The second kappa shape index (κ2) is 9.45. The summed E-state index contributed by atoms with van der Waals surface area (Å²) < 4.78 is 25.4. The number of carbonyl (C=O) groups is 1. The van der Waals surface area contributed by atoms with Crippen molar-refractivity contribution in [2.45, 2.75) is 20.0 Å². The molecule has 0 radical (unpaired) electrons. The van der Waals surface area contributed by atoms with Gasteiger partial charge in [0.15, 0.2) is 0 Å². The Balaban J connectivity index is 1.78. The van der Waals surface area contributed by atoms with Crippen LogP contribution in [0.15, 0.2) is 71.9 Å². The van der Waals surface area contributed by atoms with E-state index in [0.29, 0.717) is 23.4 Å². The van der Waals surface area contributed by atoms with E-state index in [1.807, 2.05) is 37.3 Å². The molecule has 0 aliphatic heterocycles. The minimum absolute atomic E-state index is 0.00603. The Morgan fingerprint density at radius 1 is 1.14 bits per heavy atom. The average molecular weight is 381 g/mol. The summed E-state index contributed by atoms with van der Waals surface area (Å²) in [6.45, 7) is 2.51. The number of nitrogens with zero attached hydrogens (tertiary/aromatic N) is 3. The number of halogens is 1. The van der Waals surface area contributed by atoms with E-state index in [1.54, 1.807) is 22.9 Å². The van der Waals surface area contributed by atoms with Crippen LogP contribution in [0.5, 0.6) is 5.88 Å². The summed E-state index contributed by atoms with van der Waals surface area (Å²) in [5.41, 5.74) is 1.50. The molecule has 144 valence electrons.